The van der Waals surface area contributed by atoms with E-state index in [2.05, 4.69) is 56.0 Å². The molecule has 1 unspecified atom stereocenters. The SMILES string of the molecule is Cc1noc(N2C=COC2c2ccc(-c3ccccc3)c(CNc3nc[nH]n3)c2)c1C. The van der Waals surface area contributed by atoms with Gasteiger partial charge >= 0.3 is 0 Å². The lowest BCUT2D eigenvalue weighted by molar-refractivity contribution is 0.169. The summed E-state index contributed by atoms with van der Waals surface area (Å²) in [5, 5.41) is 14.2. The molecule has 156 valence electrons. The smallest absolute Gasteiger partial charge is 0.242 e. The van der Waals surface area contributed by atoms with Gasteiger partial charge in [0.05, 0.1) is 5.69 Å². The number of nitrogens with one attached hydrogen (secondary N) is 2. The van der Waals surface area contributed by atoms with E-state index in [0.717, 1.165) is 33.5 Å². The first-order valence-electron chi connectivity index (χ1n) is 10.0. The number of benzene rings is 2. The fourth-order valence-corrected chi connectivity index (χ4v) is 3.66. The van der Waals surface area contributed by atoms with E-state index in [9.17, 15) is 0 Å². The molecule has 1 aliphatic rings. The molecule has 0 amide bonds. The summed E-state index contributed by atoms with van der Waals surface area (Å²) in [5.74, 6) is 1.24. The Morgan fingerprint density at radius 1 is 1.13 bits per heavy atom. The molecule has 1 atom stereocenters. The highest BCUT2D eigenvalue weighted by molar-refractivity contribution is 5.68. The number of hydrogen-bond donors (Lipinski definition) is 2. The van der Waals surface area contributed by atoms with Gasteiger partial charge in [-0.05, 0) is 36.6 Å². The number of nitrogens with zero attached hydrogens (tertiary/aromatic N) is 4. The summed E-state index contributed by atoms with van der Waals surface area (Å²) in [4.78, 5) is 6.11. The summed E-state index contributed by atoms with van der Waals surface area (Å²) in [7, 11) is 0. The van der Waals surface area contributed by atoms with Crippen molar-refractivity contribution in [2.45, 2.75) is 26.6 Å². The Morgan fingerprint density at radius 2 is 2.00 bits per heavy atom. The summed E-state index contributed by atoms with van der Waals surface area (Å²) in [5.41, 5.74) is 6.25. The summed E-state index contributed by atoms with van der Waals surface area (Å²) in [6.45, 7) is 4.49. The first-order chi connectivity index (χ1) is 15.2. The molecule has 2 aromatic heterocycles. The van der Waals surface area contributed by atoms with Crippen molar-refractivity contribution in [3.63, 3.8) is 0 Å². The van der Waals surface area contributed by atoms with Crippen molar-refractivity contribution < 1.29 is 9.26 Å². The van der Waals surface area contributed by atoms with Crippen LogP contribution in [0.1, 0.15) is 28.6 Å². The molecule has 31 heavy (non-hydrogen) atoms. The van der Waals surface area contributed by atoms with Crippen LogP contribution in [0.3, 0.4) is 0 Å². The molecule has 8 nitrogen and oxygen atoms in total. The van der Waals surface area contributed by atoms with E-state index in [1.807, 2.05) is 43.1 Å². The second kappa shape index (κ2) is 7.98. The first kappa shape index (κ1) is 18.9. The fraction of sp³-hybridized carbons (Fsp3) is 0.174. The predicted molar refractivity (Wildman–Crippen MR) is 117 cm³/mol. The Kier molecular flexibility index (Phi) is 4.87. The quantitative estimate of drug-likeness (QED) is 0.473. The zero-order valence-electron chi connectivity index (χ0n) is 17.2. The maximum Gasteiger partial charge on any atom is 0.242 e. The number of aromatic nitrogens is 4. The van der Waals surface area contributed by atoms with Crippen molar-refractivity contribution in [3.8, 4) is 11.1 Å². The zero-order chi connectivity index (χ0) is 21.2. The van der Waals surface area contributed by atoms with Gasteiger partial charge in [0.25, 0.3) is 0 Å². The van der Waals surface area contributed by atoms with Crippen LogP contribution < -0.4 is 10.2 Å². The molecular weight excluding hydrogens is 392 g/mol. The van der Waals surface area contributed by atoms with E-state index in [1.165, 1.54) is 0 Å². The van der Waals surface area contributed by atoms with Gasteiger partial charge in [0.15, 0.2) is 0 Å². The second-order valence-corrected chi connectivity index (χ2v) is 7.34. The highest BCUT2D eigenvalue weighted by Crippen LogP contribution is 2.37. The van der Waals surface area contributed by atoms with Crippen molar-refractivity contribution in [1.82, 2.24) is 20.3 Å². The topological polar surface area (TPSA) is 92.1 Å². The van der Waals surface area contributed by atoms with Crippen molar-refractivity contribution in [2.75, 3.05) is 10.2 Å². The maximum atomic E-state index is 5.93. The standard InChI is InChI=1S/C23H22N6O2/c1-15-16(2)28-31-21(15)29-10-11-30-22(29)18-8-9-20(17-6-4-3-5-7-17)19(12-18)13-24-23-25-14-26-27-23/h3-12,14,22H,13H2,1-2H3,(H2,24,25,26,27). The molecule has 3 heterocycles. The molecule has 5 rings (SSSR count). The van der Waals surface area contributed by atoms with Gasteiger partial charge in [-0.25, -0.2) is 4.98 Å². The fourth-order valence-electron chi connectivity index (χ4n) is 3.66. The summed E-state index contributed by atoms with van der Waals surface area (Å²) >= 11 is 0. The highest BCUT2D eigenvalue weighted by atomic mass is 16.5. The van der Waals surface area contributed by atoms with Gasteiger partial charge in [-0.1, -0.05) is 47.6 Å². The average Bonchev–Trinajstić information content (AvgIpc) is 3.55. The first-order valence-corrected chi connectivity index (χ1v) is 10.0. The number of rotatable bonds is 6. The van der Waals surface area contributed by atoms with Crippen LogP contribution in [0.2, 0.25) is 0 Å². The monoisotopic (exact) mass is 414 g/mol. The number of aromatic amines is 1. The van der Waals surface area contributed by atoms with Crippen molar-refractivity contribution in [1.29, 1.82) is 0 Å². The van der Waals surface area contributed by atoms with E-state index < -0.39 is 0 Å². The highest BCUT2D eigenvalue weighted by Gasteiger charge is 2.29. The minimum Gasteiger partial charge on any atom is -0.472 e. The van der Waals surface area contributed by atoms with Crippen LogP contribution in [-0.4, -0.2) is 20.3 Å². The van der Waals surface area contributed by atoms with Crippen LogP contribution in [0.5, 0.6) is 0 Å². The minimum absolute atomic E-state index is 0.335. The van der Waals surface area contributed by atoms with E-state index in [1.54, 1.807) is 12.6 Å². The Labute approximate surface area is 179 Å². The Hall–Kier alpha value is -4.07. The van der Waals surface area contributed by atoms with E-state index >= 15 is 0 Å². The third-order valence-corrected chi connectivity index (χ3v) is 5.40. The second-order valence-electron chi connectivity index (χ2n) is 7.34. The van der Waals surface area contributed by atoms with Crippen LogP contribution in [0.15, 0.2) is 71.8 Å². The van der Waals surface area contributed by atoms with Gasteiger partial charge in [-0.15, -0.1) is 5.10 Å². The molecular formula is C23H22N6O2. The van der Waals surface area contributed by atoms with Crippen LogP contribution in [0.25, 0.3) is 11.1 Å². The van der Waals surface area contributed by atoms with Crippen LogP contribution in [0.4, 0.5) is 11.8 Å². The lowest BCUT2D eigenvalue weighted by atomic mass is 9.96. The number of ether oxygens (including phenoxy) is 1. The molecule has 0 bridgehead atoms. The molecule has 4 aromatic rings. The van der Waals surface area contributed by atoms with Crippen LogP contribution in [0, 0.1) is 13.8 Å². The molecule has 1 aliphatic heterocycles. The minimum atomic E-state index is -0.335. The lowest BCUT2D eigenvalue weighted by Crippen LogP contribution is -2.20. The summed E-state index contributed by atoms with van der Waals surface area (Å²) in [6, 6.07) is 16.6. The van der Waals surface area contributed by atoms with E-state index in [4.69, 9.17) is 9.26 Å². The van der Waals surface area contributed by atoms with Gasteiger partial charge in [-0.3, -0.25) is 10.00 Å². The summed E-state index contributed by atoms with van der Waals surface area (Å²) in [6.07, 6.45) is 4.76. The molecule has 0 spiro atoms. The largest absolute Gasteiger partial charge is 0.472 e. The molecule has 0 saturated carbocycles. The number of H-pyrrole nitrogens is 1. The molecule has 2 N–H and O–H groups in total. The molecule has 0 saturated heterocycles. The average molecular weight is 414 g/mol. The van der Waals surface area contributed by atoms with Crippen LogP contribution >= 0.6 is 0 Å². The Bertz CT molecular complexity index is 1200. The molecule has 8 heteroatoms. The van der Waals surface area contributed by atoms with Gasteiger partial charge in [-0.2, -0.15) is 0 Å². The molecule has 0 fully saturated rings. The molecule has 0 aliphatic carbocycles. The van der Waals surface area contributed by atoms with Gasteiger partial charge in [0.2, 0.25) is 18.1 Å². The lowest BCUT2D eigenvalue weighted by Gasteiger charge is -2.23. The Morgan fingerprint density at radius 3 is 2.74 bits per heavy atom. The molecule has 2 aromatic carbocycles. The van der Waals surface area contributed by atoms with Gasteiger partial charge in [0, 0.05) is 23.9 Å². The van der Waals surface area contributed by atoms with E-state index in [0.29, 0.717) is 18.4 Å². The maximum absolute atomic E-state index is 5.93. The van der Waals surface area contributed by atoms with Crippen molar-refractivity contribution in [3.05, 3.63) is 89.7 Å². The zero-order valence-corrected chi connectivity index (χ0v) is 17.2. The summed E-state index contributed by atoms with van der Waals surface area (Å²) < 4.78 is 11.5. The van der Waals surface area contributed by atoms with E-state index in [-0.39, 0.29) is 6.23 Å². The van der Waals surface area contributed by atoms with Crippen LogP contribution in [-0.2, 0) is 11.3 Å². The number of hydrogen-bond acceptors (Lipinski definition) is 7. The van der Waals surface area contributed by atoms with Gasteiger partial charge in [0.1, 0.15) is 12.6 Å². The van der Waals surface area contributed by atoms with Gasteiger partial charge < -0.3 is 14.6 Å². The number of anilines is 2. The third kappa shape index (κ3) is 3.63. The van der Waals surface area contributed by atoms with Crippen molar-refractivity contribution >= 4 is 11.8 Å². The number of aryl methyl sites for hydroxylation is 1. The normalized spacial score (nSPS) is 15.3. The Balaban J connectivity index is 1.50. The third-order valence-electron chi connectivity index (χ3n) is 5.40. The van der Waals surface area contributed by atoms with Crippen molar-refractivity contribution in [2.24, 2.45) is 0 Å². The predicted octanol–water partition coefficient (Wildman–Crippen LogP) is 4.70. The molecule has 0 radical (unpaired) electrons.